The van der Waals surface area contributed by atoms with Crippen LogP contribution in [0.25, 0.3) is 0 Å². The number of nitrogens with one attached hydrogen (secondary N) is 2. The molecule has 1 aliphatic rings. The lowest BCUT2D eigenvalue weighted by Crippen LogP contribution is -2.50. The summed E-state index contributed by atoms with van der Waals surface area (Å²) in [5.41, 5.74) is 1.18. The van der Waals surface area contributed by atoms with Crippen molar-refractivity contribution in [1.82, 2.24) is 10.0 Å². The van der Waals surface area contributed by atoms with Gasteiger partial charge in [-0.2, -0.15) is 0 Å². The van der Waals surface area contributed by atoms with E-state index >= 15 is 0 Å². The number of halogens is 1. The highest BCUT2D eigenvalue weighted by Gasteiger charge is 2.26. The second-order valence-electron chi connectivity index (χ2n) is 5.59. The smallest absolute Gasteiger partial charge is 0.240 e. The van der Waals surface area contributed by atoms with Crippen LogP contribution in [0.1, 0.15) is 32.3 Å². The maximum atomic E-state index is 12.4. The summed E-state index contributed by atoms with van der Waals surface area (Å²) in [5, 5.41) is 3.24. The van der Waals surface area contributed by atoms with Crippen LogP contribution in [0.4, 0.5) is 0 Å². The van der Waals surface area contributed by atoms with Gasteiger partial charge in [0.25, 0.3) is 0 Å². The van der Waals surface area contributed by atoms with Gasteiger partial charge < -0.3 is 5.32 Å². The van der Waals surface area contributed by atoms with Gasteiger partial charge in [-0.1, -0.05) is 32.4 Å². The minimum atomic E-state index is -3.41. The van der Waals surface area contributed by atoms with Gasteiger partial charge in [0.2, 0.25) is 10.0 Å². The van der Waals surface area contributed by atoms with Crippen LogP contribution in [0, 0.1) is 5.92 Å². The monoisotopic (exact) mass is 332 g/mol. The number of sulfonamides is 1. The molecule has 6 heteroatoms. The van der Waals surface area contributed by atoms with Crippen molar-refractivity contribution in [3.63, 3.8) is 0 Å². The van der Waals surface area contributed by atoms with Crippen LogP contribution in [0.3, 0.4) is 0 Å². The van der Waals surface area contributed by atoms with Crippen molar-refractivity contribution in [1.29, 1.82) is 0 Å². The SMILES string of the molecule is CCCc1ccc(S(=O)(=O)NC2CNCCC2C)cc1.Cl. The van der Waals surface area contributed by atoms with E-state index < -0.39 is 10.0 Å². The van der Waals surface area contributed by atoms with E-state index in [2.05, 4.69) is 23.9 Å². The third-order valence-electron chi connectivity index (χ3n) is 3.91. The zero-order valence-corrected chi connectivity index (χ0v) is 14.3. The van der Waals surface area contributed by atoms with E-state index in [0.29, 0.717) is 17.4 Å². The van der Waals surface area contributed by atoms with Crippen molar-refractivity contribution in [2.24, 2.45) is 5.92 Å². The lowest BCUT2D eigenvalue weighted by molar-refractivity contribution is 0.327. The minimum Gasteiger partial charge on any atom is -0.315 e. The quantitative estimate of drug-likeness (QED) is 0.870. The zero-order valence-electron chi connectivity index (χ0n) is 12.6. The number of hydrogen-bond acceptors (Lipinski definition) is 3. The second kappa shape index (κ2) is 8.13. The largest absolute Gasteiger partial charge is 0.315 e. The van der Waals surface area contributed by atoms with Crippen molar-refractivity contribution in [3.05, 3.63) is 29.8 Å². The molecular weight excluding hydrogens is 308 g/mol. The summed E-state index contributed by atoms with van der Waals surface area (Å²) in [6, 6.07) is 7.19. The summed E-state index contributed by atoms with van der Waals surface area (Å²) >= 11 is 0. The molecular formula is C15H25ClN2O2S. The third kappa shape index (κ3) is 4.95. The highest BCUT2D eigenvalue weighted by atomic mass is 35.5. The van der Waals surface area contributed by atoms with Crippen molar-refractivity contribution < 1.29 is 8.42 Å². The van der Waals surface area contributed by atoms with E-state index in [1.165, 1.54) is 5.56 Å². The Hall–Kier alpha value is -0.620. The molecule has 0 aromatic heterocycles. The first-order chi connectivity index (χ1) is 9.53. The van der Waals surface area contributed by atoms with E-state index in [1.54, 1.807) is 12.1 Å². The molecule has 0 aliphatic carbocycles. The predicted molar refractivity (Wildman–Crippen MR) is 88.4 cm³/mol. The van der Waals surface area contributed by atoms with E-state index in [-0.39, 0.29) is 18.4 Å². The van der Waals surface area contributed by atoms with Crippen LogP contribution in [-0.4, -0.2) is 27.5 Å². The number of hydrogen-bond donors (Lipinski definition) is 2. The van der Waals surface area contributed by atoms with Crippen molar-refractivity contribution in [2.45, 2.75) is 44.0 Å². The second-order valence-corrected chi connectivity index (χ2v) is 7.31. The highest BCUT2D eigenvalue weighted by Crippen LogP contribution is 2.16. The molecule has 2 unspecified atom stereocenters. The summed E-state index contributed by atoms with van der Waals surface area (Å²) < 4.78 is 27.6. The van der Waals surface area contributed by atoms with Gasteiger partial charge in [0.15, 0.2) is 0 Å². The van der Waals surface area contributed by atoms with Crippen LogP contribution in [0.15, 0.2) is 29.2 Å². The van der Waals surface area contributed by atoms with Crippen LogP contribution < -0.4 is 10.0 Å². The molecule has 120 valence electrons. The normalized spacial score (nSPS) is 22.6. The summed E-state index contributed by atoms with van der Waals surface area (Å²) in [6.07, 6.45) is 3.05. The fourth-order valence-corrected chi connectivity index (χ4v) is 3.88. The average molecular weight is 333 g/mol. The summed E-state index contributed by atoms with van der Waals surface area (Å²) in [5.74, 6) is 0.366. The topological polar surface area (TPSA) is 58.2 Å². The number of rotatable bonds is 5. The van der Waals surface area contributed by atoms with Gasteiger partial charge in [0.05, 0.1) is 4.90 Å². The molecule has 1 aromatic rings. The molecule has 1 aliphatic heterocycles. The van der Waals surface area contributed by atoms with E-state index in [1.807, 2.05) is 12.1 Å². The first kappa shape index (κ1) is 18.4. The van der Waals surface area contributed by atoms with Crippen molar-refractivity contribution in [2.75, 3.05) is 13.1 Å². The first-order valence-corrected chi connectivity index (χ1v) is 8.83. The maximum Gasteiger partial charge on any atom is 0.240 e. The Morgan fingerprint density at radius 3 is 2.52 bits per heavy atom. The Balaban J connectivity index is 0.00000220. The molecule has 2 N–H and O–H groups in total. The first-order valence-electron chi connectivity index (χ1n) is 7.35. The van der Waals surface area contributed by atoms with Crippen LogP contribution in [0.2, 0.25) is 0 Å². The molecule has 0 amide bonds. The predicted octanol–water partition coefficient (Wildman–Crippen LogP) is 2.34. The molecule has 0 spiro atoms. The van der Waals surface area contributed by atoms with E-state index in [9.17, 15) is 8.42 Å². The Kier molecular flexibility index (Phi) is 7.13. The number of benzene rings is 1. The Morgan fingerprint density at radius 1 is 1.29 bits per heavy atom. The molecule has 0 bridgehead atoms. The van der Waals surface area contributed by atoms with Crippen molar-refractivity contribution in [3.8, 4) is 0 Å². The van der Waals surface area contributed by atoms with E-state index in [0.717, 1.165) is 25.8 Å². The van der Waals surface area contributed by atoms with Gasteiger partial charge >= 0.3 is 0 Å². The lowest BCUT2D eigenvalue weighted by atomic mass is 9.96. The fraction of sp³-hybridized carbons (Fsp3) is 0.600. The summed E-state index contributed by atoms with van der Waals surface area (Å²) in [6.45, 7) is 5.88. The molecule has 0 saturated carbocycles. The fourth-order valence-electron chi connectivity index (χ4n) is 2.54. The molecule has 4 nitrogen and oxygen atoms in total. The van der Waals surface area contributed by atoms with Gasteiger partial charge in [-0.05, 0) is 43.0 Å². The van der Waals surface area contributed by atoms with Gasteiger partial charge in [-0.3, -0.25) is 0 Å². The van der Waals surface area contributed by atoms with Gasteiger partial charge in [0.1, 0.15) is 0 Å². The lowest BCUT2D eigenvalue weighted by Gasteiger charge is -2.29. The summed E-state index contributed by atoms with van der Waals surface area (Å²) in [4.78, 5) is 0.357. The summed E-state index contributed by atoms with van der Waals surface area (Å²) in [7, 11) is -3.41. The third-order valence-corrected chi connectivity index (χ3v) is 5.41. The van der Waals surface area contributed by atoms with Gasteiger partial charge in [0, 0.05) is 12.6 Å². The molecule has 2 atom stereocenters. The van der Waals surface area contributed by atoms with Gasteiger partial charge in [-0.25, -0.2) is 13.1 Å². The maximum absolute atomic E-state index is 12.4. The Morgan fingerprint density at radius 2 is 1.95 bits per heavy atom. The molecule has 0 radical (unpaired) electrons. The molecule has 1 fully saturated rings. The molecule has 21 heavy (non-hydrogen) atoms. The van der Waals surface area contributed by atoms with Crippen molar-refractivity contribution >= 4 is 22.4 Å². The minimum absolute atomic E-state index is 0. The Labute approximate surface area is 134 Å². The van der Waals surface area contributed by atoms with Crippen LogP contribution in [0.5, 0.6) is 0 Å². The number of piperidine rings is 1. The van der Waals surface area contributed by atoms with Crippen LogP contribution in [-0.2, 0) is 16.4 Å². The standard InChI is InChI=1S/C15H24N2O2S.ClH/c1-3-4-13-5-7-14(8-6-13)20(18,19)17-15-11-16-10-9-12(15)2;/h5-8,12,15-17H,3-4,9-11H2,1-2H3;1H. The Bertz CT molecular complexity index is 531. The highest BCUT2D eigenvalue weighted by molar-refractivity contribution is 7.89. The van der Waals surface area contributed by atoms with Crippen LogP contribution >= 0.6 is 12.4 Å². The average Bonchev–Trinajstić information content (AvgIpc) is 2.42. The molecule has 2 rings (SSSR count). The molecule has 1 saturated heterocycles. The number of aryl methyl sites for hydroxylation is 1. The molecule has 1 aromatic carbocycles. The molecule has 1 heterocycles. The van der Waals surface area contributed by atoms with E-state index in [4.69, 9.17) is 0 Å². The zero-order chi connectivity index (χ0) is 14.6. The van der Waals surface area contributed by atoms with Gasteiger partial charge in [-0.15, -0.1) is 12.4 Å².